The molecule has 0 spiro atoms. The maximum Gasteiger partial charge on any atom is 0.159 e. The number of furan rings is 1. The minimum atomic E-state index is -0.558. The summed E-state index contributed by atoms with van der Waals surface area (Å²) in [5, 5.41) is 4.47. The van der Waals surface area contributed by atoms with E-state index in [1.807, 2.05) is 0 Å². The summed E-state index contributed by atoms with van der Waals surface area (Å²) < 4.78 is 7.28. The molecule has 0 saturated carbocycles. The summed E-state index contributed by atoms with van der Waals surface area (Å²) >= 11 is 0. The third-order valence-electron chi connectivity index (χ3n) is 14.3. The van der Waals surface area contributed by atoms with Gasteiger partial charge in [0.2, 0.25) is 0 Å². The first-order chi connectivity index (χ1) is 31.5. The van der Waals surface area contributed by atoms with E-state index in [2.05, 4.69) is 243 Å². The second kappa shape index (κ2) is 13.8. The molecule has 302 valence electrons. The smallest absolute Gasteiger partial charge is 0.159 e. The molecule has 0 unspecified atom stereocenters. The first-order valence-electron chi connectivity index (χ1n) is 22.3. The fourth-order valence-corrected chi connectivity index (χ4v) is 11.4. The van der Waals surface area contributed by atoms with Crippen LogP contribution >= 0.6 is 0 Å². The highest BCUT2D eigenvalue weighted by atomic mass is 16.3. The standard InChI is InChI=1S/C62H43NO/c1-61(2)54-28-16-14-26-48(54)50-34-31-45(38-56(50)61)63(58-37-42(40-18-6-3-7-19-40)36-53-52-33-30-41-20-12-13-25-47(41)59(52)64-60(53)58)46-32-35-51-49-27-15-17-29-55(49)62(57(51)39-46,43-21-8-4-9-22-43)44-23-10-5-11-24-44/h3-39H,1-2H3. The van der Waals surface area contributed by atoms with Crippen molar-refractivity contribution >= 4 is 49.8 Å². The van der Waals surface area contributed by atoms with E-state index >= 15 is 0 Å². The zero-order chi connectivity index (χ0) is 42.6. The van der Waals surface area contributed by atoms with Gasteiger partial charge in [-0.25, -0.2) is 0 Å². The summed E-state index contributed by atoms with van der Waals surface area (Å²) in [4.78, 5) is 2.47. The molecule has 0 atom stereocenters. The van der Waals surface area contributed by atoms with E-state index in [1.54, 1.807) is 0 Å². The average molecular weight is 818 g/mol. The third-order valence-corrected chi connectivity index (χ3v) is 14.3. The first kappa shape index (κ1) is 36.7. The number of fused-ring (bicyclic) bond motifs is 11. The Morgan fingerprint density at radius 3 is 1.61 bits per heavy atom. The second-order valence-electron chi connectivity index (χ2n) is 18.0. The van der Waals surface area contributed by atoms with Gasteiger partial charge in [0.05, 0.1) is 11.1 Å². The van der Waals surface area contributed by atoms with Crippen LogP contribution in [0.1, 0.15) is 47.2 Å². The Balaban J connectivity index is 1.15. The van der Waals surface area contributed by atoms with Gasteiger partial charge < -0.3 is 9.32 Å². The lowest BCUT2D eigenvalue weighted by atomic mass is 9.67. The number of hydrogen-bond acceptors (Lipinski definition) is 2. The van der Waals surface area contributed by atoms with Crippen molar-refractivity contribution in [1.82, 2.24) is 0 Å². The average Bonchev–Trinajstić information content (AvgIpc) is 3.96. The van der Waals surface area contributed by atoms with Crippen LogP contribution < -0.4 is 4.90 Å². The molecule has 0 saturated heterocycles. The van der Waals surface area contributed by atoms with E-state index < -0.39 is 5.41 Å². The molecular formula is C62H43NO. The van der Waals surface area contributed by atoms with E-state index in [0.717, 1.165) is 60.9 Å². The van der Waals surface area contributed by atoms with Crippen LogP contribution in [0.15, 0.2) is 229 Å². The van der Waals surface area contributed by atoms with Crippen molar-refractivity contribution in [2.45, 2.75) is 24.7 Å². The van der Waals surface area contributed by atoms with Gasteiger partial charge in [0, 0.05) is 32.9 Å². The van der Waals surface area contributed by atoms with Crippen molar-refractivity contribution in [3.63, 3.8) is 0 Å². The van der Waals surface area contributed by atoms with Gasteiger partial charge in [0.15, 0.2) is 5.58 Å². The van der Waals surface area contributed by atoms with Crippen LogP contribution in [0.25, 0.3) is 66.1 Å². The van der Waals surface area contributed by atoms with Gasteiger partial charge >= 0.3 is 0 Å². The van der Waals surface area contributed by atoms with Crippen LogP contribution in [0.5, 0.6) is 0 Å². The van der Waals surface area contributed by atoms with Crippen molar-refractivity contribution in [3.05, 3.63) is 258 Å². The van der Waals surface area contributed by atoms with Crippen LogP contribution in [-0.4, -0.2) is 0 Å². The molecule has 1 heterocycles. The maximum atomic E-state index is 7.28. The maximum absolute atomic E-state index is 7.28. The van der Waals surface area contributed by atoms with Gasteiger partial charge in [-0.05, 0) is 115 Å². The lowest BCUT2D eigenvalue weighted by Gasteiger charge is -2.35. The van der Waals surface area contributed by atoms with Crippen LogP contribution in [0.4, 0.5) is 17.1 Å². The fourth-order valence-electron chi connectivity index (χ4n) is 11.4. The lowest BCUT2D eigenvalue weighted by molar-refractivity contribution is 0.660. The molecule has 2 nitrogen and oxygen atoms in total. The number of nitrogens with zero attached hydrogens (tertiary/aromatic N) is 1. The number of benzene rings is 10. The molecule has 13 rings (SSSR count). The summed E-state index contributed by atoms with van der Waals surface area (Å²) in [6.45, 7) is 4.73. The zero-order valence-electron chi connectivity index (χ0n) is 35.7. The van der Waals surface area contributed by atoms with Crippen LogP contribution in [0, 0.1) is 0 Å². The van der Waals surface area contributed by atoms with E-state index in [9.17, 15) is 0 Å². The van der Waals surface area contributed by atoms with E-state index in [-0.39, 0.29) is 5.41 Å². The molecule has 2 aliphatic carbocycles. The zero-order valence-corrected chi connectivity index (χ0v) is 35.7. The van der Waals surface area contributed by atoms with Crippen LogP contribution in [0.2, 0.25) is 0 Å². The Bertz CT molecular complexity index is 3600. The van der Waals surface area contributed by atoms with E-state index in [1.165, 1.54) is 55.6 Å². The molecule has 10 aromatic carbocycles. The molecule has 1 aromatic heterocycles. The number of hydrogen-bond donors (Lipinski definition) is 0. The molecular weight excluding hydrogens is 775 g/mol. The van der Waals surface area contributed by atoms with Crippen molar-refractivity contribution in [3.8, 4) is 33.4 Å². The molecule has 11 aromatic rings. The molecule has 2 heteroatoms. The molecule has 0 N–H and O–H groups in total. The van der Waals surface area contributed by atoms with Crippen molar-refractivity contribution in [2.24, 2.45) is 0 Å². The molecule has 0 amide bonds. The van der Waals surface area contributed by atoms with Gasteiger partial charge in [-0.15, -0.1) is 0 Å². The van der Waals surface area contributed by atoms with Gasteiger partial charge in [0.25, 0.3) is 0 Å². The quantitative estimate of drug-likeness (QED) is 0.166. The normalized spacial score (nSPS) is 14.0. The minimum absolute atomic E-state index is 0.192. The number of anilines is 3. The Kier molecular flexibility index (Phi) is 7.90. The van der Waals surface area contributed by atoms with Gasteiger partial charge in [-0.2, -0.15) is 0 Å². The first-order valence-corrected chi connectivity index (χ1v) is 22.3. The highest BCUT2D eigenvalue weighted by Gasteiger charge is 2.46. The van der Waals surface area contributed by atoms with Gasteiger partial charge in [0.1, 0.15) is 5.58 Å². The Hall–Kier alpha value is -7.94. The van der Waals surface area contributed by atoms with Crippen LogP contribution in [0.3, 0.4) is 0 Å². The largest absolute Gasteiger partial charge is 0.453 e. The SMILES string of the molecule is CC1(C)c2ccccc2-c2ccc(N(c3ccc4c(c3)C(c3ccccc3)(c3ccccc3)c3ccccc3-4)c3cc(-c4ccccc4)cc4c3oc3c5ccccc5ccc43)cc21. The third kappa shape index (κ3) is 5.14. The summed E-state index contributed by atoms with van der Waals surface area (Å²) in [5.41, 5.74) is 19.3. The fraction of sp³-hybridized carbons (Fsp3) is 0.0645. The molecule has 0 aliphatic heterocycles. The highest BCUT2D eigenvalue weighted by molar-refractivity contribution is 6.18. The van der Waals surface area contributed by atoms with E-state index in [0.29, 0.717) is 0 Å². The molecule has 64 heavy (non-hydrogen) atoms. The Morgan fingerprint density at radius 2 is 0.906 bits per heavy atom. The summed E-state index contributed by atoms with van der Waals surface area (Å²) in [5.74, 6) is 0. The minimum Gasteiger partial charge on any atom is -0.453 e. The summed E-state index contributed by atoms with van der Waals surface area (Å²) in [6.07, 6.45) is 0. The monoisotopic (exact) mass is 817 g/mol. The molecule has 0 fully saturated rings. The molecule has 0 radical (unpaired) electrons. The van der Waals surface area contributed by atoms with Crippen molar-refractivity contribution in [2.75, 3.05) is 4.90 Å². The summed E-state index contributed by atoms with van der Waals surface area (Å²) in [7, 11) is 0. The van der Waals surface area contributed by atoms with Gasteiger partial charge in [-0.1, -0.05) is 196 Å². The predicted molar refractivity (Wildman–Crippen MR) is 266 cm³/mol. The summed E-state index contributed by atoms with van der Waals surface area (Å²) in [6, 6.07) is 82.8. The lowest BCUT2D eigenvalue weighted by Crippen LogP contribution is -2.28. The molecule has 2 aliphatic rings. The van der Waals surface area contributed by atoms with Crippen LogP contribution in [-0.2, 0) is 10.8 Å². The second-order valence-corrected chi connectivity index (χ2v) is 18.0. The predicted octanol–water partition coefficient (Wildman–Crippen LogP) is 16.5. The van der Waals surface area contributed by atoms with E-state index in [4.69, 9.17) is 4.42 Å². The highest BCUT2D eigenvalue weighted by Crippen LogP contribution is 2.58. The van der Waals surface area contributed by atoms with Gasteiger partial charge in [-0.3, -0.25) is 0 Å². The van der Waals surface area contributed by atoms with Crippen molar-refractivity contribution in [1.29, 1.82) is 0 Å². The number of rotatable bonds is 6. The topological polar surface area (TPSA) is 16.4 Å². The Morgan fingerprint density at radius 1 is 0.359 bits per heavy atom. The Labute approximate surface area is 373 Å². The molecule has 0 bridgehead atoms. The van der Waals surface area contributed by atoms with Crippen molar-refractivity contribution < 1.29 is 4.42 Å².